The monoisotopic (exact) mass is 310 g/mol. The van der Waals surface area contributed by atoms with Crippen LogP contribution in [0.1, 0.15) is 26.3 Å². The number of benzene rings is 1. The minimum atomic E-state index is -0.454. The lowest BCUT2D eigenvalue weighted by molar-refractivity contribution is 0.0195. The maximum absolute atomic E-state index is 12.1. The smallest absolute Gasteiger partial charge is 0.410 e. The molecule has 1 atom stereocenters. The van der Waals surface area contributed by atoms with Crippen molar-refractivity contribution in [2.24, 2.45) is 0 Å². The molecule has 0 bridgehead atoms. The van der Waals surface area contributed by atoms with E-state index in [2.05, 4.69) is 11.4 Å². The number of carbonyl (C=O) groups excluding carboxylic acids is 1. The number of piperazine rings is 1. The second-order valence-electron chi connectivity index (χ2n) is 6.41. The van der Waals surface area contributed by atoms with E-state index in [1.807, 2.05) is 39.0 Å². The van der Waals surface area contributed by atoms with Gasteiger partial charge in [0.1, 0.15) is 5.60 Å². The number of ether oxygens (including phenoxy) is 1. The molecule has 2 rings (SSSR count). The summed E-state index contributed by atoms with van der Waals surface area (Å²) in [5.41, 5.74) is 0.718. The standard InChI is InChI=1S/C16H23ClN2O2/c1-16(2,3)21-15(20)19-8-7-18-14(11-19)10-12-5-4-6-13(17)9-12/h4-6,9,14,18H,7-8,10-11H2,1-3H3. The van der Waals surface area contributed by atoms with Crippen LogP contribution < -0.4 is 5.32 Å². The van der Waals surface area contributed by atoms with Gasteiger partial charge in [-0.25, -0.2) is 4.79 Å². The van der Waals surface area contributed by atoms with E-state index in [-0.39, 0.29) is 12.1 Å². The van der Waals surface area contributed by atoms with Gasteiger partial charge >= 0.3 is 6.09 Å². The third-order valence-electron chi connectivity index (χ3n) is 3.28. The van der Waals surface area contributed by atoms with E-state index in [0.717, 1.165) is 18.0 Å². The molecule has 1 aromatic rings. The Hall–Kier alpha value is -1.26. The van der Waals surface area contributed by atoms with Crippen molar-refractivity contribution in [1.29, 1.82) is 0 Å². The number of amides is 1. The van der Waals surface area contributed by atoms with Gasteiger partial charge in [0, 0.05) is 30.7 Å². The lowest BCUT2D eigenvalue weighted by Gasteiger charge is -2.35. The Bertz CT molecular complexity index is 499. The van der Waals surface area contributed by atoms with Crippen molar-refractivity contribution < 1.29 is 9.53 Å². The molecule has 1 aliphatic rings. The van der Waals surface area contributed by atoms with E-state index in [4.69, 9.17) is 16.3 Å². The number of rotatable bonds is 2. The van der Waals surface area contributed by atoms with E-state index >= 15 is 0 Å². The van der Waals surface area contributed by atoms with Crippen molar-refractivity contribution in [1.82, 2.24) is 10.2 Å². The van der Waals surface area contributed by atoms with E-state index in [9.17, 15) is 4.79 Å². The Balaban J connectivity index is 1.93. The van der Waals surface area contributed by atoms with Crippen LogP contribution in [-0.4, -0.2) is 42.3 Å². The van der Waals surface area contributed by atoms with Gasteiger partial charge in [-0.05, 0) is 44.9 Å². The number of halogens is 1. The molecule has 0 aliphatic carbocycles. The van der Waals surface area contributed by atoms with Gasteiger partial charge in [-0.3, -0.25) is 0 Å². The van der Waals surface area contributed by atoms with Crippen LogP contribution >= 0.6 is 11.6 Å². The predicted molar refractivity (Wildman–Crippen MR) is 84.8 cm³/mol. The van der Waals surface area contributed by atoms with Crippen molar-refractivity contribution in [3.63, 3.8) is 0 Å². The molecule has 0 radical (unpaired) electrons. The lowest BCUT2D eigenvalue weighted by atomic mass is 10.0. The fourth-order valence-electron chi connectivity index (χ4n) is 2.40. The average Bonchev–Trinajstić information content (AvgIpc) is 2.37. The second-order valence-corrected chi connectivity index (χ2v) is 6.85. The van der Waals surface area contributed by atoms with E-state index < -0.39 is 5.60 Å². The highest BCUT2D eigenvalue weighted by molar-refractivity contribution is 6.30. The minimum Gasteiger partial charge on any atom is -0.444 e. The van der Waals surface area contributed by atoms with Gasteiger partial charge < -0.3 is 15.0 Å². The molecule has 0 saturated carbocycles. The molecule has 1 saturated heterocycles. The predicted octanol–water partition coefficient (Wildman–Crippen LogP) is 3.09. The summed E-state index contributed by atoms with van der Waals surface area (Å²) in [5, 5.41) is 4.19. The Morgan fingerprint density at radius 1 is 1.48 bits per heavy atom. The fraction of sp³-hybridized carbons (Fsp3) is 0.562. The molecule has 1 N–H and O–H groups in total. The molecule has 5 heteroatoms. The van der Waals surface area contributed by atoms with Gasteiger partial charge in [0.25, 0.3) is 0 Å². The van der Waals surface area contributed by atoms with Crippen LogP contribution in [0.4, 0.5) is 4.79 Å². The molecule has 1 aliphatic heterocycles. The minimum absolute atomic E-state index is 0.227. The molecule has 0 spiro atoms. The number of hydrogen-bond donors (Lipinski definition) is 1. The van der Waals surface area contributed by atoms with Crippen molar-refractivity contribution in [2.45, 2.75) is 38.8 Å². The fourth-order valence-corrected chi connectivity index (χ4v) is 2.62. The zero-order valence-electron chi connectivity index (χ0n) is 12.9. The molecule has 1 aromatic carbocycles. The third kappa shape index (κ3) is 5.21. The molecule has 4 nitrogen and oxygen atoms in total. The summed E-state index contributed by atoms with van der Waals surface area (Å²) in [4.78, 5) is 13.9. The Morgan fingerprint density at radius 2 is 2.24 bits per heavy atom. The van der Waals surface area contributed by atoms with Crippen LogP contribution in [0.15, 0.2) is 24.3 Å². The molecular weight excluding hydrogens is 288 g/mol. The first-order chi connectivity index (χ1) is 9.83. The van der Waals surface area contributed by atoms with Crippen molar-refractivity contribution in [3.8, 4) is 0 Å². The Kier molecular flexibility index (Phi) is 5.12. The summed E-state index contributed by atoms with van der Waals surface area (Å²) in [6.45, 7) is 7.77. The topological polar surface area (TPSA) is 41.6 Å². The summed E-state index contributed by atoms with van der Waals surface area (Å²) >= 11 is 6.01. The molecule has 1 amide bonds. The summed E-state index contributed by atoms with van der Waals surface area (Å²) in [7, 11) is 0. The molecule has 1 fully saturated rings. The lowest BCUT2D eigenvalue weighted by Crippen LogP contribution is -2.54. The van der Waals surface area contributed by atoms with E-state index in [1.165, 1.54) is 5.56 Å². The van der Waals surface area contributed by atoms with E-state index in [1.54, 1.807) is 4.90 Å². The summed E-state index contributed by atoms with van der Waals surface area (Å²) < 4.78 is 5.43. The largest absolute Gasteiger partial charge is 0.444 e. The van der Waals surface area contributed by atoms with Gasteiger partial charge in [-0.2, -0.15) is 0 Å². The third-order valence-corrected chi connectivity index (χ3v) is 3.51. The van der Waals surface area contributed by atoms with Crippen LogP contribution in [0.5, 0.6) is 0 Å². The van der Waals surface area contributed by atoms with Crippen molar-refractivity contribution >= 4 is 17.7 Å². The quantitative estimate of drug-likeness (QED) is 0.912. The van der Waals surface area contributed by atoms with Gasteiger partial charge in [-0.15, -0.1) is 0 Å². The highest BCUT2D eigenvalue weighted by atomic mass is 35.5. The number of carbonyl (C=O) groups is 1. The van der Waals surface area contributed by atoms with E-state index in [0.29, 0.717) is 13.1 Å². The summed E-state index contributed by atoms with van der Waals surface area (Å²) in [6.07, 6.45) is 0.611. The first-order valence-electron chi connectivity index (χ1n) is 7.29. The van der Waals surface area contributed by atoms with Crippen LogP contribution in [-0.2, 0) is 11.2 Å². The SMILES string of the molecule is CC(C)(C)OC(=O)N1CCNC(Cc2cccc(Cl)c2)C1. The highest BCUT2D eigenvalue weighted by Crippen LogP contribution is 2.15. The number of hydrogen-bond acceptors (Lipinski definition) is 3. The summed E-state index contributed by atoms with van der Waals surface area (Å²) in [5.74, 6) is 0. The molecule has 1 heterocycles. The first-order valence-corrected chi connectivity index (χ1v) is 7.67. The molecule has 1 unspecified atom stereocenters. The highest BCUT2D eigenvalue weighted by Gasteiger charge is 2.27. The van der Waals surface area contributed by atoms with Crippen LogP contribution in [0.2, 0.25) is 5.02 Å². The van der Waals surface area contributed by atoms with Crippen LogP contribution in [0, 0.1) is 0 Å². The average molecular weight is 311 g/mol. The molecular formula is C16H23ClN2O2. The zero-order valence-corrected chi connectivity index (χ0v) is 13.6. The summed E-state index contributed by atoms with van der Waals surface area (Å²) in [6, 6.07) is 8.07. The normalized spacial score (nSPS) is 19.4. The van der Waals surface area contributed by atoms with Gasteiger partial charge in [0.2, 0.25) is 0 Å². The second kappa shape index (κ2) is 6.67. The van der Waals surface area contributed by atoms with Crippen molar-refractivity contribution in [2.75, 3.05) is 19.6 Å². The van der Waals surface area contributed by atoms with Gasteiger partial charge in [0.05, 0.1) is 0 Å². The van der Waals surface area contributed by atoms with Gasteiger partial charge in [0.15, 0.2) is 0 Å². The molecule has 0 aromatic heterocycles. The zero-order chi connectivity index (χ0) is 15.5. The van der Waals surface area contributed by atoms with Crippen LogP contribution in [0.3, 0.4) is 0 Å². The van der Waals surface area contributed by atoms with Gasteiger partial charge in [-0.1, -0.05) is 23.7 Å². The van der Waals surface area contributed by atoms with Crippen LogP contribution in [0.25, 0.3) is 0 Å². The Labute approximate surface area is 131 Å². The number of nitrogens with one attached hydrogen (secondary N) is 1. The Morgan fingerprint density at radius 3 is 2.90 bits per heavy atom. The maximum Gasteiger partial charge on any atom is 0.410 e. The van der Waals surface area contributed by atoms with Crippen molar-refractivity contribution in [3.05, 3.63) is 34.9 Å². The maximum atomic E-state index is 12.1. The molecule has 116 valence electrons. The first kappa shape index (κ1) is 16.1. The molecule has 21 heavy (non-hydrogen) atoms. The number of nitrogens with zero attached hydrogens (tertiary/aromatic N) is 1.